The van der Waals surface area contributed by atoms with Crippen molar-refractivity contribution in [1.82, 2.24) is 4.90 Å². The van der Waals surface area contributed by atoms with Crippen LogP contribution in [0.1, 0.15) is 11.1 Å². The van der Waals surface area contributed by atoms with Crippen LogP contribution in [0.15, 0.2) is 42.5 Å². The topological polar surface area (TPSA) is 20.3 Å². The van der Waals surface area contributed by atoms with E-state index < -0.39 is 0 Å². The lowest BCUT2D eigenvalue weighted by Gasteiger charge is -2.18. The van der Waals surface area contributed by atoms with E-state index in [1.165, 1.54) is 11.0 Å². The molecule has 2 rings (SSSR count). The Morgan fingerprint density at radius 1 is 1.14 bits per heavy atom. The molecule has 0 saturated heterocycles. The Kier molecular flexibility index (Phi) is 5.21. The zero-order valence-corrected chi connectivity index (χ0v) is 13.0. The summed E-state index contributed by atoms with van der Waals surface area (Å²) in [6.45, 7) is 0.393. The normalized spacial score (nSPS) is 10.5. The van der Waals surface area contributed by atoms with Crippen LogP contribution in [0.25, 0.3) is 0 Å². The van der Waals surface area contributed by atoms with Crippen molar-refractivity contribution in [3.63, 3.8) is 0 Å². The summed E-state index contributed by atoms with van der Waals surface area (Å²) in [6.07, 6.45) is 0.0322. The van der Waals surface area contributed by atoms with Gasteiger partial charge in [-0.1, -0.05) is 47.5 Å². The molecule has 0 atom stereocenters. The smallest absolute Gasteiger partial charge is 0.227 e. The molecule has 0 spiro atoms. The molecule has 0 aliphatic carbocycles. The maximum Gasteiger partial charge on any atom is 0.227 e. The second kappa shape index (κ2) is 6.92. The third kappa shape index (κ3) is 4.19. The molecule has 0 saturated carbocycles. The van der Waals surface area contributed by atoms with Crippen molar-refractivity contribution < 1.29 is 9.18 Å². The number of rotatable bonds is 4. The second-order valence-electron chi connectivity index (χ2n) is 4.77. The maximum atomic E-state index is 13.5. The van der Waals surface area contributed by atoms with Gasteiger partial charge in [-0.2, -0.15) is 0 Å². The Labute approximate surface area is 133 Å². The van der Waals surface area contributed by atoms with E-state index in [9.17, 15) is 9.18 Å². The van der Waals surface area contributed by atoms with Crippen LogP contribution in [0.5, 0.6) is 0 Å². The van der Waals surface area contributed by atoms with E-state index in [4.69, 9.17) is 23.2 Å². The monoisotopic (exact) mass is 325 g/mol. The van der Waals surface area contributed by atoms with Crippen LogP contribution < -0.4 is 0 Å². The van der Waals surface area contributed by atoms with Gasteiger partial charge in [-0.05, 0) is 29.3 Å². The van der Waals surface area contributed by atoms with Crippen LogP contribution in [0.3, 0.4) is 0 Å². The van der Waals surface area contributed by atoms with Gasteiger partial charge in [-0.3, -0.25) is 4.79 Å². The summed E-state index contributed by atoms with van der Waals surface area (Å²) in [5.74, 6) is -0.528. The van der Waals surface area contributed by atoms with Gasteiger partial charge in [0.25, 0.3) is 0 Å². The maximum absolute atomic E-state index is 13.5. The number of likely N-dealkylation sites (N-methyl/N-ethyl adjacent to an activating group) is 1. The van der Waals surface area contributed by atoms with Crippen molar-refractivity contribution in [2.24, 2.45) is 0 Å². The molecule has 0 unspecified atom stereocenters. The minimum absolute atomic E-state index is 0.0322. The lowest BCUT2D eigenvalue weighted by Crippen LogP contribution is -2.28. The van der Waals surface area contributed by atoms with E-state index in [0.717, 1.165) is 5.56 Å². The standard InChI is InChI=1S/C16H14Cl2FNO/c1-20(10-11-6-7-13(17)14(18)8-11)16(21)9-12-4-2-3-5-15(12)19/h2-8H,9-10H2,1H3. The van der Waals surface area contributed by atoms with Crippen molar-refractivity contribution in [2.45, 2.75) is 13.0 Å². The van der Waals surface area contributed by atoms with Crippen LogP contribution in [0.2, 0.25) is 10.0 Å². The Hall–Kier alpha value is -1.58. The van der Waals surface area contributed by atoms with Crippen LogP contribution in [0.4, 0.5) is 4.39 Å². The molecule has 0 fully saturated rings. The summed E-state index contributed by atoms with van der Waals surface area (Å²) in [5, 5.41) is 0.921. The number of nitrogens with zero attached hydrogens (tertiary/aromatic N) is 1. The van der Waals surface area contributed by atoms with Gasteiger partial charge in [-0.25, -0.2) is 4.39 Å². The Bertz CT molecular complexity index is 660. The van der Waals surface area contributed by atoms with Crippen molar-refractivity contribution in [1.29, 1.82) is 0 Å². The number of halogens is 3. The summed E-state index contributed by atoms with van der Waals surface area (Å²) >= 11 is 11.8. The number of benzene rings is 2. The summed E-state index contributed by atoms with van der Waals surface area (Å²) in [6, 6.07) is 11.5. The minimum Gasteiger partial charge on any atom is -0.341 e. The third-order valence-corrected chi connectivity index (χ3v) is 3.87. The molecule has 5 heteroatoms. The fourth-order valence-corrected chi connectivity index (χ4v) is 2.26. The third-order valence-electron chi connectivity index (χ3n) is 3.13. The molecular formula is C16H14Cl2FNO. The highest BCUT2D eigenvalue weighted by molar-refractivity contribution is 6.42. The Balaban J connectivity index is 2.02. The number of amides is 1. The molecule has 0 heterocycles. The first kappa shape index (κ1) is 15.8. The summed E-state index contributed by atoms with van der Waals surface area (Å²) < 4.78 is 13.5. The van der Waals surface area contributed by atoms with E-state index in [1.807, 2.05) is 0 Å². The minimum atomic E-state index is -0.367. The molecule has 2 aromatic rings. The molecule has 0 bridgehead atoms. The van der Waals surface area contributed by atoms with Crippen molar-refractivity contribution in [3.8, 4) is 0 Å². The molecule has 110 valence electrons. The summed E-state index contributed by atoms with van der Waals surface area (Å²) in [7, 11) is 1.67. The lowest BCUT2D eigenvalue weighted by molar-refractivity contribution is -0.129. The van der Waals surface area contributed by atoms with Gasteiger partial charge in [-0.15, -0.1) is 0 Å². The van der Waals surface area contributed by atoms with Gasteiger partial charge in [0.15, 0.2) is 0 Å². The SMILES string of the molecule is CN(Cc1ccc(Cl)c(Cl)c1)C(=O)Cc1ccccc1F. The van der Waals surface area contributed by atoms with E-state index in [1.54, 1.807) is 43.4 Å². The molecule has 0 N–H and O–H groups in total. The fourth-order valence-electron chi connectivity index (χ4n) is 1.94. The average Bonchev–Trinajstić information content (AvgIpc) is 2.45. The fraction of sp³-hybridized carbons (Fsp3) is 0.188. The van der Waals surface area contributed by atoms with E-state index in [2.05, 4.69) is 0 Å². The zero-order valence-electron chi connectivity index (χ0n) is 11.4. The number of carbonyl (C=O) groups excluding carboxylic acids is 1. The average molecular weight is 326 g/mol. The predicted octanol–water partition coefficient (Wildman–Crippen LogP) is 4.33. The quantitative estimate of drug-likeness (QED) is 0.819. The van der Waals surface area contributed by atoms with Crippen LogP contribution in [0, 0.1) is 5.82 Å². The first-order chi connectivity index (χ1) is 9.97. The highest BCUT2D eigenvalue weighted by Gasteiger charge is 2.13. The van der Waals surface area contributed by atoms with Crippen LogP contribution >= 0.6 is 23.2 Å². The first-order valence-electron chi connectivity index (χ1n) is 6.38. The highest BCUT2D eigenvalue weighted by atomic mass is 35.5. The molecular weight excluding hydrogens is 312 g/mol. The van der Waals surface area contributed by atoms with Gasteiger partial charge in [0.2, 0.25) is 5.91 Å². The molecule has 21 heavy (non-hydrogen) atoms. The van der Waals surface area contributed by atoms with Crippen molar-refractivity contribution in [3.05, 3.63) is 69.5 Å². The van der Waals surface area contributed by atoms with Gasteiger partial charge in [0.05, 0.1) is 16.5 Å². The van der Waals surface area contributed by atoms with Gasteiger partial charge >= 0.3 is 0 Å². The first-order valence-corrected chi connectivity index (χ1v) is 7.14. The molecule has 0 aliphatic rings. The molecule has 0 aromatic heterocycles. The van der Waals surface area contributed by atoms with Crippen molar-refractivity contribution >= 4 is 29.1 Å². The molecule has 0 radical (unpaired) electrons. The summed E-state index contributed by atoms with van der Waals surface area (Å²) in [5.41, 5.74) is 1.26. The van der Waals surface area contributed by atoms with Crippen LogP contribution in [-0.2, 0) is 17.8 Å². The van der Waals surface area contributed by atoms with Gasteiger partial charge < -0.3 is 4.90 Å². The van der Waals surface area contributed by atoms with Gasteiger partial charge in [0.1, 0.15) is 5.82 Å². The highest BCUT2D eigenvalue weighted by Crippen LogP contribution is 2.23. The Morgan fingerprint density at radius 2 is 1.86 bits per heavy atom. The molecule has 2 nitrogen and oxygen atoms in total. The predicted molar refractivity (Wildman–Crippen MR) is 83.0 cm³/mol. The molecule has 1 amide bonds. The van der Waals surface area contributed by atoms with E-state index in [0.29, 0.717) is 22.2 Å². The second-order valence-corrected chi connectivity index (χ2v) is 5.58. The zero-order chi connectivity index (χ0) is 15.4. The molecule has 2 aromatic carbocycles. The largest absolute Gasteiger partial charge is 0.341 e. The Morgan fingerprint density at radius 3 is 2.52 bits per heavy atom. The number of hydrogen-bond donors (Lipinski definition) is 0. The van der Waals surface area contributed by atoms with E-state index in [-0.39, 0.29) is 18.1 Å². The number of hydrogen-bond acceptors (Lipinski definition) is 1. The van der Waals surface area contributed by atoms with Crippen molar-refractivity contribution in [2.75, 3.05) is 7.05 Å². The lowest BCUT2D eigenvalue weighted by atomic mass is 10.1. The van der Waals surface area contributed by atoms with Gasteiger partial charge in [0, 0.05) is 13.6 Å². The summed E-state index contributed by atoms with van der Waals surface area (Å²) in [4.78, 5) is 13.7. The van der Waals surface area contributed by atoms with Crippen LogP contribution in [-0.4, -0.2) is 17.9 Å². The van der Waals surface area contributed by atoms with E-state index >= 15 is 0 Å². The number of carbonyl (C=O) groups is 1. The molecule has 0 aliphatic heterocycles.